The molecule has 7 heteroatoms. The number of thioether (sulfide) groups is 1. The van der Waals surface area contributed by atoms with Gasteiger partial charge in [-0.2, -0.15) is 11.8 Å². The van der Waals surface area contributed by atoms with Gasteiger partial charge in [0.15, 0.2) is 0 Å². The van der Waals surface area contributed by atoms with Crippen LogP contribution >= 0.6 is 24.2 Å². The first kappa shape index (κ1) is 17.1. The van der Waals surface area contributed by atoms with Crippen molar-refractivity contribution < 1.29 is 13.9 Å². The highest BCUT2D eigenvalue weighted by atomic mass is 35.5. The highest BCUT2D eigenvalue weighted by molar-refractivity contribution is 7.99. The van der Waals surface area contributed by atoms with Gasteiger partial charge in [0.05, 0.1) is 12.8 Å². The Hall–Kier alpha value is -0.980. The molecule has 20 heavy (non-hydrogen) atoms. The molecule has 0 aromatic heterocycles. The lowest BCUT2D eigenvalue weighted by atomic mass is 10.2. The van der Waals surface area contributed by atoms with Gasteiger partial charge in [0.2, 0.25) is 5.91 Å². The number of anilines is 1. The van der Waals surface area contributed by atoms with Gasteiger partial charge in [-0.15, -0.1) is 12.4 Å². The molecular formula is C13H18ClFN2O2S. The molecule has 0 radical (unpaired) electrons. The minimum atomic E-state index is -0.389. The van der Waals surface area contributed by atoms with Crippen molar-refractivity contribution in [2.75, 3.05) is 30.5 Å². The molecule has 1 saturated heterocycles. The minimum absolute atomic E-state index is 0. The second-order valence-corrected chi connectivity index (χ2v) is 5.47. The number of ether oxygens (including phenoxy) is 1. The van der Waals surface area contributed by atoms with Crippen molar-refractivity contribution in [1.82, 2.24) is 5.32 Å². The van der Waals surface area contributed by atoms with E-state index >= 15 is 0 Å². The second-order valence-electron chi connectivity index (χ2n) is 4.32. The smallest absolute Gasteiger partial charge is 0.226 e. The summed E-state index contributed by atoms with van der Waals surface area (Å²) in [5, 5.41) is 6.06. The summed E-state index contributed by atoms with van der Waals surface area (Å²) in [6.45, 7) is 0.933. The number of nitrogens with one attached hydrogen (secondary N) is 2. The number of methoxy groups -OCH3 is 1. The quantitative estimate of drug-likeness (QED) is 0.893. The van der Waals surface area contributed by atoms with Crippen molar-refractivity contribution in [2.45, 2.75) is 12.5 Å². The molecule has 2 N–H and O–H groups in total. The number of benzene rings is 1. The summed E-state index contributed by atoms with van der Waals surface area (Å²) in [4.78, 5) is 11.9. The van der Waals surface area contributed by atoms with Crippen LogP contribution in [-0.2, 0) is 4.79 Å². The van der Waals surface area contributed by atoms with E-state index in [-0.39, 0.29) is 30.2 Å². The largest absolute Gasteiger partial charge is 0.494 e. The predicted octanol–water partition coefficient (Wildman–Crippen LogP) is 2.29. The van der Waals surface area contributed by atoms with E-state index in [1.165, 1.54) is 25.3 Å². The number of hydrogen-bond donors (Lipinski definition) is 2. The van der Waals surface area contributed by atoms with E-state index in [4.69, 9.17) is 4.74 Å². The lowest BCUT2D eigenvalue weighted by molar-refractivity contribution is -0.116. The maximum absolute atomic E-state index is 13.0. The Morgan fingerprint density at radius 1 is 1.60 bits per heavy atom. The Bertz CT molecular complexity index is 456. The molecule has 2 rings (SSSR count). The maximum atomic E-state index is 13.0. The third-order valence-electron chi connectivity index (χ3n) is 2.87. The Morgan fingerprint density at radius 3 is 3.05 bits per heavy atom. The fraction of sp³-hybridized carbons (Fsp3) is 0.462. The Kier molecular flexibility index (Phi) is 7.12. The van der Waals surface area contributed by atoms with Crippen LogP contribution in [0.3, 0.4) is 0 Å². The highest BCUT2D eigenvalue weighted by Crippen LogP contribution is 2.25. The van der Waals surface area contributed by atoms with E-state index in [2.05, 4.69) is 10.6 Å². The van der Waals surface area contributed by atoms with E-state index < -0.39 is 0 Å². The first-order chi connectivity index (χ1) is 9.19. The fourth-order valence-corrected chi connectivity index (χ4v) is 2.89. The molecule has 1 amide bonds. The Balaban J connectivity index is 0.00000200. The summed E-state index contributed by atoms with van der Waals surface area (Å²) in [7, 11) is 1.45. The van der Waals surface area contributed by atoms with Gasteiger partial charge >= 0.3 is 0 Å². The standard InChI is InChI=1S/C13H17FN2O2S.ClH/c1-18-12-6-9(14)2-3-11(12)16-13(17)7-10-8-19-5-4-15-10;/h2-3,6,10,15H,4-5,7-8H2,1H3,(H,16,17);1H. The van der Waals surface area contributed by atoms with Crippen LogP contribution in [-0.4, -0.2) is 37.1 Å². The minimum Gasteiger partial charge on any atom is -0.494 e. The summed E-state index contributed by atoms with van der Waals surface area (Å²) in [5.41, 5.74) is 0.498. The molecular weight excluding hydrogens is 303 g/mol. The van der Waals surface area contributed by atoms with Crippen molar-refractivity contribution in [3.63, 3.8) is 0 Å². The molecule has 112 valence electrons. The number of rotatable bonds is 4. The zero-order valence-electron chi connectivity index (χ0n) is 11.1. The van der Waals surface area contributed by atoms with E-state index in [0.717, 1.165) is 18.1 Å². The predicted molar refractivity (Wildman–Crippen MR) is 82.6 cm³/mol. The average molecular weight is 321 g/mol. The van der Waals surface area contributed by atoms with E-state index in [0.29, 0.717) is 17.9 Å². The zero-order valence-corrected chi connectivity index (χ0v) is 12.8. The molecule has 1 unspecified atom stereocenters. The maximum Gasteiger partial charge on any atom is 0.226 e. The molecule has 1 heterocycles. The van der Waals surface area contributed by atoms with Crippen molar-refractivity contribution in [1.29, 1.82) is 0 Å². The van der Waals surface area contributed by atoms with Gasteiger partial charge in [-0.25, -0.2) is 4.39 Å². The third kappa shape index (κ3) is 4.85. The number of halogens is 2. The van der Waals surface area contributed by atoms with E-state index in [1.807, 2.05) is 11.8 Å². The molecule has 4 nitrogen and oxygen atoms in total. The van der Waals surface area contributed by atoms with Crippen molar-refractivity contribution in [3.05, 3.63) is 24.0 Å². The van der Waals surface area contributed by atoms with Crippen molar-refractivity contribution in [2.24, 2.45) is 0 Å². The topological polar surface area (TPSA) is 50.4 Å². The van der Waals surface area contributed by atoms with Crippen LogP contribution in [0.2, 0.25) is 0 Å². The first-order valence-corrected chi connectivity index (χ1v) is 7.29. The molecule has 1 aromatic carbocycles. The summed E-state index contributed by atoms with van der Waals surface area (Å²) in [5.74, 6) is 1.88. The van der Waals surface area contributed by atoms with Gasteiger partial charge in [0, 0.05) is 36.6 Å². The van der Waals surface area contributed by atoms with Crippen LogP contribution in [0.25, 0.3) is 0 Å². The molecule has 0 bridgehead atoms. The summed E-state index contributed by atoms with van der Waals surface area (Å²) < 4.78 is 18.1. The number of carbonyl (C=O) groups excluding carboxylic acids is 1. The van der Waals surface area contributed by atoms with Crippen molar-refractivity contribution in [3.8, 4) is 5.75 Å². The highest BCUT2D eigenvalue weighted by Gasteiger charge is 2.17. The first-order valence-electron chi connectivity index (χ1n) is 6.13. The van der Waals surface area contributed by atoms with Gasteiger partial charge in [0.1, 0.15) is 11.6 Å². The van der Waals surface area contributed by atoms with Crippen LogP contribution in [0.5, 0.6) is 5.75 Å². The van der Waals surface area contributed by atoms with Crippen LogP contribution < -0.4 is 15.4 Å². The van der Waals surface area contributed by atoms with E-state index in [1.54, 1.807) is 0 Å². The monoisotopic (exact) mass is 320 g/mol. The fourth-order valence-electron chi connectivity index (χ4n) is 1.94. The molecule has 1 atom stereocenters. The summed E-state index contributed by atoms with van der Waals surface area (Å²) in [6.07, 6.45) is 0.410. The lowest BCUT2D eigenvalue weighted by Crippen LogP contribution is -2.39. The van der Waals surface area contributed by atoms with Gasteiger partial charge in [0.25, 0.3) is 0 Å². The van der Waals surface area contributed by atoms with Crippen LogP contribution in [0.15, 0.2) is 18.2 Å². The molecule has 1 aliphatic rings. The van der Waals surface area contributed by atoms with Crippen molar-refractivity contribution >= 4 is 35.8 Å². The molecule has 0 aliphatic carbocycles. The average Bonchev–Trinajstić information content (AvgIpc) is 2.42. The third-order valence-corrected chi connectivity index (χ3v) is 4.00. The van der Waals surface area contributed by atoms with Gasteiger partial charge in [-0.3, -0.25) is 4.79 Å². The van der Waals surface area contributed by atoms with Gasteiger partial charge < -0.3 is 15.4 Å². The lowest BCUT2D eigenvalue weighted by Gasteiger charge is -2.22. The van der Waals surface area contributed by atoms with Crippen LogP contribution in [0.1, 0.15) is 6.42 Å². The molecule has 1 aliphatic heterocycles. The van der Waals surface area contributed by atoms with Crippen LogP contribution in [0.4, 0.5) is 10.1 Å². The number of carbonyl (C=O) groups is 1. The van der Waals surface area contributed by atoms with Crippen LogP contribution in [0, 0.1) is 5.82 Å². The number of hydrogen-bond acceptors (Lipinski definition) is 4. The number of amides is 1. The Labute approximate surface area is 128 Å². The van der Waals surface area contributed by atoms with Gasteiger partial charge in [-0.1, -0.05) is 0 Å². The molecule has 0 spiro atoms. The molecule has 1 fully saturated rings. The summed E-state index contributed by atoms with van der Waals surface area (Å²) in [6, 6.07) is 4.26. The second kappa shape index (κ2) is 8.34. The summed E-state index contributed by atoms with van der Waals surface area (Å²) >= 11 is 1.84. The van der Waals surface area contributed by atoms with E-state index in [9.17, 15) is 9.18 Å². The normalized spacial score (nSPS) is 18.0. The molecule has 0 saturated carbocycles. The molecule has 1 aromatic rings. The SMILES string of the molecule is COc1cc(F)ccc1NC(=O)CC1CSCCN1.Cl. The zero-order chi connectivity index (χ0) is 13.7. The Morgan fingerprint density at radius 2 is 2.40 bits per heavy atom. The van der Waals surface area contributed by atoms with Gasteiger partial charge in [-0.05, 0) is 12.1 Å².